The lowest BCUT2D eigenvalue weighted by atomic mass is 9.92. The van der Waals surface area contributed by atoms with Crippen molar-refractivity contribution < 1.29 is 32.6 Å². The van der Waals surface area contributed by atoms with Crippen molar-refractivity contribution in [2.45, 2.75) is 57.0 Å². The summed E-state index contributed by atoms with van der Waals surface area (Å²) in [6.45, 7) is 9.73. The topological polar surface area (TPSA) is 78.8 Å². The van der Waals surface area contributed by atoms with E-state index in [1.165, 1.54) is 12.1 Å². The second-order valence-corrected chi connectivity index (χ2v) is 12.8. The second-order valence-electron chi connectivity index (χ2n) is 8.04. The van der Waals surface area contributed by atoms with Gasteiger partial charge in [0.2, 0.25) is 0 Å². The Morgan fingerprint density at radius 2 is 1.70 bits per heavy atom. The van der Waals surface area contributed by atoms with Gasteiger partial charge in [0.25, 0.3) is 0 Å². The Labute approximate surface area is 158 Å². The van der Waals surface area contributed by atoms with Gasteiger partial charge in [-0.1, -0.05) is 32.9 Å². The number of benzene rings is 1. The highest BCUT2D eigenvalue weighted by Crippen LogP contribution is 2.37. The van der Waals surface area contributed by atoms with Crippen molar-refractivity contribution >= 4 is 14.4 Å². The third kappa shape index (κ3) is 6.51. The summed E-state index contributed by atoms with van der Waals surface area (Å²) in [5.41, 5.74) is -0.397. The van der Waals surface area contributed by atoms with Gasteiger partial charge in [-0.15, -0.1) is 0 Å². The third-order valence-electron chi connectivity index (χ3n) is 5.09. The summed E-state index contributed by atoms with van der Waals surface area (Å²) in [4.78, 5) is 11.2. The van der Waals surface area contributed by atoms with Crippen molar-refractivity contribution in [3.8, 4) is 0 Å². The maximum absolute atomic E-state index is 12.7. The van der Waals surface area contributed by atoms with E-state index < -0.39 is 44.7 Å². The molecule has 9 heteroatoms. The van der Waals surface area contributed by atoms with Crippen molar-refractivity contribution in [3.63, 3.8) is 0 Å². The first-order chi connectivity index (χ1) is 12.2. The minimum Gasteiger partial charge on any atom is -0.465 e. The molecule has 1 amide bonds. The Bertz CT molecular complexity index is 627. The molecule has 154 valence electrons. The predicted molar refractivity (Wildman–Crippen MR) is 99.4 cm³/mol. The number of alkyl halides is 3. The smallest absolute Gasteiger partial charge is 0.416 e. The molecule has 0 unspecified atom stereocenters. The molecule has 5 nitrogen and oxygen atoms in total. The van der Waals surface area contributed by atoms with Crippen molar-refractivity contribution in [1.29, 1.82) is 0 Å². The highest BCUT2D eigenvalue weighted by molar-refractivity contribution is 6.74. The van der Waals surface area contributed by atoms with E-state index in [-0.39, 0.29) is 11.6 Å². The van der Waals surface area contributed by atoms with Gasteiger partial charge in [0, 0.05) is 5.92 Å². The van der Waals surface area contributed by atoms with Crippen LogP contribution in [0.1, 0.15) is 37.8 Å². The molecule has 0 saturated heterocycles. The van der Waals surface area contributed by atoms with Crippen LogP contribution in [0.4, 0.5) is 18.0 Å². The number of carboxylic acid groups (broad SMARTS) is 1. The molecule has 1 aromatic carbocycles. The lowest BCUT2D eigenvalue weighted by Gasteiger charge is -2.38. The van der Waals surface area contributed by atoms with E-state index in [9.17, 15) is 23.1 Å². The van der Waals surface area contributed by atoms with Crippen LogP contribution in [0.3, 0.4) is 0 Å². The van der Waals surface area contributed by atoms with Crippen LogP contribution in [0.25, 0.3) is 0 Å². The molecule has 0 aliphatic carbocycles. The lowest BCUT2D eigenvalue weighted by Crippen LogP contribution is -2.48. The number of halogens is 3. The maximum Gasteiger partial charge on any atom is 0.416 e. The van der Waals surface area contributed by atoms with Crippen LogP contribution in [0.2, 0.25) is 18.1 Å². The molecular weight excluding hydrogens is 379 g/mol. The van der Waals surface area contributed by atoms with Crippen molar-refractivity contribution in [2.75, 3.05) is 13.2 Å². The van der Waals surface area contributed by atoms with E-state index in [1.54, 1.807) is 0 Å². The molecule has 0 aromatic heterocycles. The predicted octanol–water partition coefficient (Wildman–Crippen LogP) is 4.44. The van der Waals surface area contributed by atoms with Crippen LogP contribution in [0.5, 0.6) is 0 Å². The largest absolute Gasteiger partial charge is 0.465 e. The number of hydrogen-bond acceptors (Lipinski definition) is 3. The van der Waals surface area contributed by atoms with Gasteiger partial charge < -0.3 is 20.0 Å². The van der Waals surface area contributed by atoms with Crippen molar-refractivity contribution in [3.05, 3.63) is 35.4 Å². The molecule has 0 aliphatic rings. The minimum atomic E-state index is -4.46. The molecule has 1 aromatic rings. The molecular formula is C18H28F3NO4Si. The van der Waals surface area contributed by atoms with Gasteiger partial charge in [0.1, 0.15) is 0 Å². The fourth-order valence-corrected chi connectivity index (χ4v) is 3.35. The Morgan fingerprint density at radius 1 is 1.19 bits per heavy atom. The Kier molecular flexibility index (Phi) is 7.49. The number of nitrogens with one attached hydrogen (secondary N) is 1. The van der Waals surface area contributed by atoms with E-state index in [1.807, 2.05) is 33.9 Å². The van der Waals surface area contributed by atoms with Gasteiger partial charge in [-0.25, -0.2) is 4.79 Å². The number of rotatable bonds is 7. The molecule has 1 rings (SSSR count). The van der Waals surface area contributed by atoms with Crippen LogP contribution in [-0.2, 0) is 10.6 Å². The van der Waals surface area contributed by atoms with E-state index in [4.69, 9.17) is 9.53 Å². The fourth-order valence-electron chi connectivity index (χ4n) is 2.32. The highest BCUT2D eigenvalue weighted by Gasteiger charge is 2.38. The second kappa shape index (κ2) is 8.62. The SMILES string of the molecule is CC(C)(C)[Si](C)(C)OC[C@@H](NC(=O)O)[C@H](CO)c1ccc(C(F)(F)F)cc1. The van der Waals surface area contributed by atoms with Gasteiger partial charge in [-0.2, -0.15) is 13.2 Å². The van der Waals surface area contributed by atoms with Gasteiger partial charge in [-0.3, -0.25) is 0 Å². The maximum atomic E-state index is 12.7. The molecule has 0 saturated carbocycles. The normalized spacial score (nSPS) is 15.3. The summed E-state index contributed by atoms with van der Waals surface area (Å²) in [7, 11) is -2.18. The van der Waals surface area contributed by atoms with E-state index in [0.717, 1.165) is 12.1 Å². The molecule has 2 atom stereocenters. The molecule has 27 heavy (non-hydrogen) atoms. The molecule has 0 heterocycles. The van der Waals surface area contributed by atoms with Crippen molar-refractivity contribution in [1.82, 2.24) is 5.32 Å². The zero-order valence-electron chi connectivity index (χ0n) is 16.2. The van der Waals surface area contributed by atoms with Crippen LogP contribution in [-0.4, -0.2) is 43.9 Å². The number of amides is 1. The summed E-state index contributed by atoms with van der Waals surface area (Å²) in [6.07, 6.45) is -5.75. The summed E-state index contributed by atoms with van der Waals surface area (Å²) in [5, 5.41) is 21.1. The van der Waals surface area contributed by atoms with Crippen LogP contribution < -0.4 is 5.32 Å². The minimum absolute atomic E-state index is 0.0229. The van der Waals surface area contributed by atoms with Crippen LogP contribution >= 0.6 is 0 Å². The van der Waals surface area contributed by atoms with Crippen LogP contribution in [0, 0.1) is 0 Å². The number of aliphatic hydroxyl groups is 1. The third-order valence-corrected chi connectivity index (χ3v) is 9.59. The first-order valence-corrected chi connectivity index (χ1v) is 11.5. The summed E-state index contributed by atoms with van der Waals surface area (Å²) >= 11 is 0. The number of carbonyl (C=O) groups is 1. The number of hydrogen-bond donors (Lipinski definition) is 3. The molecule has 0 fully saturated rings. The Morgan fingerprint density at radius 3 is 2.07 bits per heavy atom. The summed E-state index contributed by atoms with van der Waals surface area (Å²) in [6, 6.07) is 3.56. The monoisotopic (exact) mass is 407 g/mol. The average molecular weight is 408 g/mol. The lowest BCUT2D eigenvalue weighted by molar-refractivity contribution is -0.137. The summed E-state index contributed by atoms with van der Waals surface area (Å²) in [5.74, 6) is -0.729. The molecule has 0 radical (unpaired) electrons. The van der Waals surface area contributed by atoms with Crippen molar-refractivity contribution in [2.24, 2.45) is 0 Å². The zero-order chi connectivity index (χ0) is 21.0. The van der Waals surface area contributed by atoms with Gasteiger partial charge in [-0.05, 0) is 35.8 Å². The highest BCUT2D eigenvalue weighted by atomic mass is 28.4. The van der Waals surface area contributed by atoms with E-state index in [0.29, 0.717) is 5.56 Å². The van der Waals surface area contributed by atoms with Gasteiger partial charge >= 0.3 is 12.3 Å². The first kappa shape index (κ1) is 23.5. The Hall–Kier alpha value is -1.58. The average Bonchev–Trinajstić information content (AvgIpc) is 2.51. The quantitative estimate of drug-likeness (QED) is 0.584. The standard InChI is InChI=1S/C18H28F3NO4Si/c1-17(2,3)27(4,5)26-11-15(22-16(24)25)14(10-23)12-6-8-13(9-7-12)18(19,20)21/h6-9,14-15,22-23H,10-11H2,1-5H3,(H,24,25)/t14-,15-/m1/s1. The number of aliphatic hydroxyl groups excluding tert-OH is 1. The van der Waals surface area contributed by atoms with Gasteiger partial charge in [0.15, 0.2) is 8.32 Å². The molecule has 0 aliphatic heterocycles. The molecule has 0 bridgehead atoms. The van der Waals surface area contributed by atoms with Gasteiger partial charge in [0.05, 0.1) is 24.8 Å². The van der Waals surface area contributed by atoms with E-state index >= 15 is 0 Å². The summed E-state index contributed by atoms with van der Waals surface area (Å²) < 4.78 is 44.3. The first-order valence-electron chi connectivity index (χ1n) is 8.60. The van der Waals surface area contributed by atoms with E-state index in [2.05, 4.69) is 5.32 Å². The van der Waals surface area contributed by atoms with Crippen LogP contribution in [0.15, 0.2) is 24.3 Å². The Balaban J connectivity index is 3.07. The molecule has 0 spiro atoms. The fraction of sp³-hybridized carbons (Fsp3) is 0.611. The zero-order valence-corrected chi connectivity index (χ0v) is 17.2. The molecule has 3 N–H and O–H groups in total.